The van der Waals surface area contributed by atoms with Crippen LogP contribution in [-0.4, -0.2) is 63.5 Å². The molecule has 0 aliphatic carbocycles. The van der Waals surface area contributed by atoms with Gasteiger partial charge in [-0.3, -0.25) is 9.59 Å². The molecule has 9 nitrogen and oxygen atoms in total. The van der Waals surface area contributed by atoms with Crippen LogP contribution in [0, 0.1) is 5.92 Å². The van der Waals surface area contributed by atoms with Gasteiger partial charge in [0.25, 0.3) is 0 Å². The molecule has 0 saturated carbocycles. The van der Waals surface area contributed by atoms with Gasteiger partial charge in [-0.05, 0) is 30.4 Å². The zero-order valence-electron chi connectivity index (χ0n) is 21.7. The van der Waals surface area contributed by atoms with E-state index in [0.29, 0.717) is 25.3 Å². The SMILES string of the molecule is CC(C)CC(NC(=O)C(Cc1ccccc1)NC(=O)C1CCN1c1nccc(-c2ccccc2)n1)B(O)O. The quantitative estimate of drug-likeness (QED) is 0.288. The van der Waals surface area contributed by atoms with E-state index < -0.39 is 31.1 Å². The van der Waals surface area contributed by atoms with Gasteiger partial charge >= 0.3 is 7.12 Å². The predicted molar refractivity (Wildman–Crippen MR) is 147 cm³/mol. The fourth-order valence-electron chi connectivity index (χ4n) is 4.53. The molecule has 4 N–H and O–H groups in total. The second-order valence-corrected chi connectivity index (χ2v) is 10.0. The lowest BCUT2D eigenvalue weighted by molar-refractivity contribution is -0.130. The maximum atomic E-state index is 13.4. The highest BCUT2D eigenvalue weighted by molar-refractivity contribution is 6.43. The van der Waals surface area contributed by atoms with Gasteiger partial charge in [0.05, 0.1) is 11.6 Å². The largest absolute Gasteiger partial charge is 0.475 e. The van der Waals surface area contributed by atoms with E-state index >= 15 is 0 Å². The van der Waals surface area contributed by atoms with Crippen molar-refractivity contribution >= 4 is 24.9 Å². The second kappa shape index (κ2) is 12.7. The van der Waals surface area contributed by atoms with Crippen molar-refractivity contribution in [3.05, 3.63) is 78.5 Å². The van der Waals surface area contributed by atoms with Crippen LogP contribution in [0.4, 0.5) is 5.95 Å². The van der Waals surface area contributed by atoms with Gasteiger partial charge < -0.3 is 25.6 Å². The number of hydrogen-bond acceptors (Lipinski definition) is 7. The van der Waals surface area contributed by atoms with Crippen LogP contribution in [0.15, 0.2) is 72.9 Å². The van der Waals surface area contributed by atoms with Gasteiger partial charge in [-0.15, -0.1) is 0 Å². The van der Waals surface area contributed by atoms with E-state index in [9.17, 15) is 19.6 Å². The molecule has 1 aromatic heterocycles. The lowest BCUT2D eigenvalue weighted by Gasteiger charge is -2.40. The van der Waals surface area contributed by atoms with E-state index in [1.54, 1.807) is 6.20 Å². The molecule has 198 valence electrons. The first-order valence-corrected chi connectivity index (χ1v) is 13.0. The Balaban J connectivity index is 1.49. The number of rotatable bonds is 11. The zero-order chi connectivity index (χ0) is 27.1. The number of hydrogen-bond donors (Lipinski definition) is 4. The standard InChI is InChI=1S/C28H34BN5O4/c1-19(2)17-25(29(37)38)33-26(35)23(18-20-9-5-3-6-10-20)31-27(36)24-14-16-34(24)28-30-15-13-22(32-28)21-11-7-4-8-12-21/h3-13,15,19,23-25,37-38H,14,16-18H2,1-2H3,(H,31,36)(H,33,35). The van der Waals surface area contributed by atoms with Crippen molar-refractivity contribution < 1.29 is 19.6 Å². The normalized spacial score (nSPS) is 16.3. The van der Waals surface area contributed by atoms with Crippen LogP contribution in [0.5, 0.6) is 0 Å². The van der Waals surface area contributed by atoms with Crippen LogP contribution in [0.3, 0.4) is 0 Å². The summed E-state index contributed by atoms with van der Waals surface area (Å²) in [4.78, 5) is 37.5. The van der Waals surface area contributed by atoms with Crippen LogP contribution in [0.2, 0.25) is 0 Å². The van der Waals surface area contributed by atoms with Crippen LogP contribution >= 0.6 is 0 Å². The number of carbonyl (C=O) groups is 2. The molecule has 3 atom stereocenters. The summed E-state index contributed by atoms with van der Waals surface area (Å²) in [6.45, 7) is 4.49. The average molecular weight is 515 g/mol. The van der Waals surface area contributed by atoms with Crippen molar-refractivity contribution in [3.8, 4) is 11.3 Å². The summed E-state index contributed by atoms with van der Waals surface area (Å²) in [5, 5.41) is 25.2. The van der Waals surface area contributed by atoms with Crippen LogP contribution in [0.1, 0.15) is 32.3 Å². The average Bonchev–Trinajstić information content (AvgIpc) is 2.88. The Morgan fingerprint density at radius 3 is 2.32 bits per heavy atom. The fraction of sp³-hybridized carbons (Fsp3) is 0.357. The zero-order valence-corrected chi connectivity index (χ0v) is 21.7. The van der Waals surface area contributed by atoms with Gasteiger partial charge in [0, 0.05) is 24.7 Å². The molecule has 2 amide bonds. The van der Waals surface area contributed by atoms with Crippen LogP contribution < -0.4 is 15.5 Å². The van der Waals surface area contributed by atoms with Crippen molar-refractivity contribution in [3.63, 3.8) is 0 Å². The Labute approximate surface area is 223 Å². The molecule has 1 aliphatic rings. The van der Waals surface area contributed by atoms with Gasteiger partial charge in [-0.1, -0.05) is 74.5 Å². The Morgan fingerprint density at radius 2 is 1.71 bits per heavy atom. The molecular formula is C28H34BN5O4. The van der Waals surface area contributed by atoms with Gasteiger partial charge in [0.2, 0.25) is 17.8 Å². The minimum absolute atomic E-state index is 0.138. The van der Waals surface area contributed by atoms with Crippen LogP contribution in [-0.2, 0) is 16.0 Å². The minimum atomic E-state index is -1.70. The number of aromatic nitrogens is 2. The number of carbonyl (C=O) groups excluding carboxylic acids is 2. The summed E-state index contributed by atoms with van der Waals surface area (Å²) in [6, 6.07) is 19.6. The van der Waals surface area contributed by atoms with Crippen molar-refractivity contribution in [1.29, 1.82) is 0 Å². The topological polar surface area (TPSA) is 128 Å². The molecule has 2 aromatic carbocycles. The van der Waals surface area contributed by atoms with Gasteiger partial charge in [0.1, 0.15) is 12.1 Å². The van der Waals surface area contributed by atoms with E-state index in [0.717, 1.165) is 16.8 Å². The molecule has 4 rings (SSSR count). The lowest BCUT2D eigenvalue weighted by Crippen LogP contribution is -2.61. The predicted octanol–water partition coefficient (Wildman–Crippen LogP) is 1.99. The molecule has 0 spiro atoms. The monoisotopic (exact) mass is 515 g/mol. The van der Waals surface area contributed by atoms with E-state index in [-0.39, 0.29) is 18.2 Å². The minimum Gasteiger partial charge on any atom is -0.426 e. The van der Waals surface area contributed by atoms with Gasteiger partial charge in [0.15, 0.2) is 0 Å². The fourth-order valence-corrected chi connectivity index (χ4v) is 4.53. The van der Waals surface area contributed by atoms with Crippen molar-refractivity contribution in [2.45, 2.75) is 51.1 Å². The number of nitrogens with one attached hydrogen (secondary N) is 2. The maximum absolute atomic E-state index is 13.4. The smallest absolute Gasteiger partial charge is 0.426 e. The van der Waals surface area contributed by atoms with Crippen molar-refractivity contribution in [2.75, 3.05) is 11.4 Å². The Morgan fingerprint density at radius 1 is 1.03 bits per heavy atom. The highest BCUT2D eigenvalue weighted by atomic mass is 16.4. The summed E-state index contributed by atoms with van der Waals surface area (Å²) < 4.78 is 0. The Kier molecular flexibility index (Phi) is 9.09. The lowest BCUT2D eigenvalue weighted by atomic mass is 9.75. The number of amides is 2. The molecular weight excluding hydrogens is 481 g/mol. The molecule has 0 radical (unpaired) electrons. The number of benzene rings is 2. The number of nitrogens with zero attached hydrogens (tertiary/aromatic N) is 3. The summed E-state index contributed by atoms with van der Waals surface area (Å²) in [5.41, 5.74) is 2.60. The summed E-state index contributed by atoms with van der Waals surface area (Å²) in [7, 11) is -1.70. The first kappa shape index (κ1) is 27.3. The second-order valence-electron chi connectivity index (χ2n) is 10.0. The molecule has 10 heteroatoms. The third-order valence-corrected chi connectivity index (χ3v) is 6.62. The summed E-state index contributed by atoms with van der Waals surface area (Å²) >= 11 is 0. The Hall–Kier alpha value is -3.76. The summed E-state index contributed by atoms with van der Waals surface area (Å²) in [5.74, 6) is -1.01. The molecule has 2 heterocycles. The highest BCUT2D eigenvalue weighted by Gasteiger charge is 2.38. The first-order chi connectivity index (χ1) is 18.3. The van der Waals surface area contributed by atoms with E-state index in [1.807, 2.05) is 85.5 Å². The third-order valence-electron chi connectivity index (χ3n) is 6.62. The first-order valence-electron chi connectivity index (χ1n) is 13.0. The molecule has 0 bridgehead atoms. The highest BCUT2D eigenvalue weighted by Crippen LogP contribution is 2.26. The molecule has 3 unspecified atom stereocenters. The summed E-state index contributed by atoms with van der Waals surface area (Å²) in [6.07, 6.45) is 2.94. The van der Waals surface area contributed by atoms with E-state index in [4.69, 9.17) is 0 Å². The molecule has 1 fully saturated rings. The van der Waals surface area contributed by atoms with E-state index in [1.165, 1.54) is 0 Å². The Bertz CT molecular complexity index is 1210. The molecule has 1 saturated heterocycles. The third kappa shape index (κ3) is 6.96. The van der Waals surface area contributed by atoms with Crippen molar-refractivity contribution in [1.82, 2.24) is 20.6 Å². The molecule has 1 aliphatic heterocycles. The van der Waals surface area contributed by atoms with E-state index in [2.05, 4.69) is 20.6 Å². The number of anilines is 1. The molecule has 38 heavy (non-hydrogen) atoms. The van der Waals surface area contributed by atoms with Gasteiger partial charge in [-0.2, -0.15) is 0 Å². The van der Waals surface area contributed by atoms with Crippen LogP contribution in [0.25, 0.3) is 11.3 Å². The van der Waals surface area contributed by atoms with Gasteiger partial charge in [-0.25, -0.2) is 9.97 Å². The molecule has 3 aromatic rings. The van der Waals surface area contributed by atoms with Crippen molar-refractivity contribution in [2.24, 2.45) is 5.92 Å². The maximum Gasteiger partial charge on any atom is 0.475 e.